The van der Waals surface area contributed by atoms with Gasteiger partial charge in [-0.1, -0.05) is 19.9 Å². The van der Waals surface area contributed by atoms with Crippen molar-refractivity contribution >= 4 is 0 Å². The van der Waals surface area contributed by atoms with Crippen molar-refractivity contribution in [1.29, 1.82) is 0 Å². The van der Waals surface area contributed by atoms with Gasteiger partial charge in [0.25, 0.3) is 0 Å². The maximum Gasteiger partial charge on any atom is 0.0725 e. The van der Waals surface area contributed by atoms with Crippen LogP contribution in [0.3, 0.4) is 0 Å². The number of hydrogen-bond acceptors (Lipinski definition) is 2. The molecular weight excluding hydrogens is 198 g/mol. The summed E-state index contributed by atoms with van der Waals surface area (Å²) in [5.74, 6) is 0.447. The Balaban J connectivity index is 2.39. The number of aromatic nitrogens is 1. The Morgan fingerprint density at radius 3 is 2.94 bits per heavy atom. The van der Waals surface area contributed by atoms with E-state index in [4.69, 9.17) is 0 Å². The molecule has 1 aromatic rings. The number of rotatable bonds is 2. The standard InChI is InChI=1S/C14H21NO/c1-10(2)14(3,16)12-8-4-6-11-7-5-9-15-13(11)12/h5,7,9-10,12,16H,4,6,8H2,1-3H3. The van der Waals surface area contributed by atoms with Crippen LogP contribution >= 0.6 is 0 Å². The summed E-state index contributed by atoms with van der Waals surface area (Å²) in [5, 5.41) is 10.6. The number of nitrogens with zero attached hydrogens (tertiary/aromatic N) is 1. The van der Waals surface area contributed by atoms with Gasteiger partial charge in [0.05, 0.1) is 5.60 Å². The summed E-state index contributed by atoms with van der Waals surface area (Å²) in [6, 6.07) is 4.14. The number of hydrogen-bond donors (Lipinski definition) is 1. The molecule has 1 heterocycles. The van der Waals surface area contributed by atoms with Crippen LogP contribution in [0.2, 0.25) is 0 Å². The Morgan fingerprint density at radius 1 is 1.50 bits per heavy atom. The van der Waals surface area contributed by atoms with Gasteiger partial charge in [0.1, 0.15) is 0 Å². The van der Waals surface area contributed by atoms with Gasteiger partial charge in [0.2, 0.25) is 0 Å². The van der Waals surface area contributed by atoms with Crippen LogP contribution in [0.25, 0.3) is 0 Å². The minimum atomic E-state index is -0.649. The Kier molecular flexibility index (Phi) is 3.02. The van der Waals surface area contributed by atoms with Crippen LogP contribution in [0.5, 0.6) is 0 Å². The van der Waals surface area contributed by atoms with Crippen molar-refractivity contribution in [2.45, 2.75) is 51.6 Å². The van der Waals surface area contributed by atoms with Gasteiger partial charge in [-0.05, 0) is 43.7 Å². The number of fused-ring (bicyclic) bond motifs is 1. The highest BCUT2D eigenvalue weighted by molar-refractivity contribution is 5.28. The molecule has 2 unspecified atom stereocenters. The molecule has 0 saturated heterocycles. The number of aryl methyl sites for hydroxylation is 1. The first-order valence-corrected chi connectivity index (χ1v) is 6.19. The first-order valence-electron chi connectivity index (χ1n) is 6.19. The van der Waals surface area contributed by atoms with Crippen LogP contribution in [0.1, 0.15) is 50.8 Å². The fourth-order valence-electron chi connectivity index (χ4n) is 2.58. The summed E-state index contributed by atoms with van der Waals surface area (Å²) in [5.41, 5.74) is 1.79. The molecule has 2 atom stereocenters. The molecule has 0 aliphatic heterocycles. The minimum Gasteiger partial charge on any atom is -0.389 e. The van der Waals surface area contributed by atoms with Gasteiger partial charge in [-0.15, -0.1) is 0 Å². The summed E-state index contributed by atoms with van der Waals surface area (Å²) in [6.45, 7) is 6.11. The average Bonchev–Trinajstić information content (AvgIpc) is 2.28. The Labute approximate surface area is 97.7 Å². The van der Waals surface area contributed by atoms with Crippen LogP contribution in [-0.4, -0.2) is 15.7 Å². The van der Waals surface area contributed by atoms with Crippen molar-refractivity contribution in [3.63, 3.8) is 0 Å². The van der Waals surface area contributed by atoms with E-state index in [1.807, 2.05) is 19.2 Å². The second-order valence-corrected chi connectivity index (χ2v) is 5.37. The number of aliphatic hydroxyl groups is 1. The normalized spacial score (nSPS) is 23.9. The van der Waals surface area contributed by atoms with Crippen molar-refractivity contribution in [2.75, 3.05) is 0 Å². The maximum absolute atomic E-state index is 10.6. The maximum atomic E-state index is 10.6. The molecule has 0 fully saturated rings. The molecule has 0 radical (unpaired) electrons. The Hall–Kier alpha value is -0.890. The zero-order valence-corrected chi connectivity index (χ0v) is 10.4. The predicted octanol–water partition coefficient (Wildman–Crippen LogP) is 2.91. The molecule has 0 aromatic carbocycles. The molecule has 1 aromatic heterocycles. The molecule has 16 heavy (non-hydrogen) atoms. The zero-order chi connectivity index (χ0) is 11.8. The lowest BCUT2D eigenvalue weighted by molar-refractivity contribution is -0.0195. The smallest absolute Gasteiger partial charge is 0.0725 e. The zero-order valence-electron chi connectivity index (χ0n) is 10.4. The van der Waals surface area contributed by atoms with E-state index in [9.17, 15) is 5.11 Å². The van der Waals surface area contributed by atoms with Gasteiger partial charge in [0, 0.05) is 17.8 Å². The van der Waals surface area contributed by atoms with Crippen molar-refractivity contribution in [1.82, 2.24) is 4.98 Å². The highest BCUT2D eigenvalue weighted by Gasteiger charge is 2.39. The third-order valence-electron chi connectivity index (χ3n) is 4.07. The van der Waals surface area contributed by atoms with Crippen molar-refractivity contribution in [3.8, 4) is 0 Å². The second-order valence-electron chi connectivity index (χ2n) is 5.37. The molecule has 0 bridgehead atoms. The molecule has 1 N–H and O–H groups in total. The fourth-order valence-corrected chi connectivity index (χ4v) is 2.58. The van der Waals surface area contributed by atoms with E-state index in [1.54, 1.807) is 0 Å². The predicted molar refractivity (Wildman–Crippen MR) is 65.4 cm³/mol. The fraction of sp³-hybridized carbons (Fsp3) is 0.643. The first kappa shape index (κ1) is 11.6. The van der Waals surface area contributed by atoms with E-state index in [2.05, 4.69) is 24.9 Å². The largest absolute Gasteiger partial charge is 0.389 e. The van der Waals surface area contributed by atoms with Crippen molar-refractivity contribution in [3.05, 3.63) is 29.6 Å². The van der Waals surface area contributed by atoms with Gasteiger partial charge >= 0.3 is 0 Å². The molecular formula is C14H21NO. The quantitative estimate of drug-likeness (QED) is 0.829. The van der Waals surface area contributed by atoms with Gasteiger partial charge in [-0.2, -0.15) is 0 Å². The van der Waals surface area contributed by atoms with Gasteiger partial charge in [0.15, 0.2) is 0 Å². The molecule has 1 aliphatic rings. The lowest BCUT2D eigenvalue weighted by Crippen LogP contribution is -2.40. The molecule has 0 saturated carbocycles. The monoisotopic (exact) mass is 219 g/mol. The van der Waals surface area contributed by atoms with Gasteiger partial charge in [-0.25, -0.2) is 0 Å². The second kappa shape index (κ2) is 4.17. The lowest BCUT2D eigenvalue weighted by atomic mass is 9.72. The average molecular weight is 219 g/mol. The third-order valence-corrected chi connectivity index (χ3v) is 4.07. The molecule has 0 amide bonds. The SMILES string of the molecule is CC(C)C(C)(O)C1CCCc2cccnc21. The van der Waals surface area contributed by atoms with Crippen LogP contribution in [0.15, 0.2) is 18.3 Å². The summed E-state index contributed by atoms with van der Waals surface area (Å²) in [4.78, 5) is 4.49. The van der Waals surface area contributed by atoms with E-state index >= 15 is 0 Å². The molecule has 2 nitrogen and oxygen atoms in total. The Bertz CT molecular complexity index is 371. The van der Waals surface area contributed by atoms with Crippen molar-refractivity contribution in [2.24, 2.45) is 5.92 Å². The van der Waals surface area contributed by atoms with Crippen LogP contribution < -0.4 is 0 Å². The van der Waals surface area contributed by atoms with Crippen LogP contribution in [0.4, 0.5) is 0 Å². The van der Waals surface area contributed by atoms with Crippen molar-refractivity contribution < 1.29 is 5.11 Å². The molecule has 2 heteroatoms. The van der Waals surface area contributed by atoms with E-state index < -0.39 is 5.60 Å². The molecule has 0 spiro atoms. The summed E-state index contributed by atoms with van der Waals surface area (Å²) in [7, 11) is 0. The van der Waals surface area contributed by atoms with Crippen LogP contribution in [-0.2, 0) is 6.42 Å². The molecule has 2 rings (SSSR count). The first-order chi connectivity index (χ1) is 7.53. The Morgan fingerprint density at radius 2 is 2.25 bits per heavy atom. The van der Waals surface area contributed by atoms with Gasteiger partial charge in [-0.3, -0.25) is 4.98 Å². The van der Waals surface area contributed by atoms with E-state index in [1.165, 1.54) is 5.56 Å². The highest BCUT2D eigenvalue weighted by Crippen LogP contribution is 2.41. The summed E-state index contributed by atoms with van der Waals surface area (Å²) >= 11 is 0. The highest BCUT2D eigenvalue weighted by atomic mass is 16.3. The van der Waals surface area contributed by atoms with Gasteiger partial charge < -0.3 is 5.11 Å². The molecule has 88 valence electrons. The summed E-state index contributed by atoms with van der Waals surface area (Å²) in [6.07, 6.45) is 5.16. The van der Waals surface area contributed by atoms with Crippen LogP contribution in [0, 0.1) is 5.92 Å². The van der Waals surface area contributed by atoms with E-state index in [0.717, 1.165) is 25.0 Å². The number of pyridine rings is 1. The van der Waals surface area contributed by atoms with E-state index in [-0.39, 0.29) is 11.8 Å². The lowest BCUT2D eigenvalue weighted by Gasteiger charge is -2.39. The molecule has 1 aliphatic carbocycles. The third kappa shape index (κ3) is 1.86. The van der Waals surface area contributed by atoms with E-state index in [0.29, 0.717) is 0 Å². The summed E-state index contributed by atoms with van der Waals surface area (Å²) < 4.78 is 0. The minimum absolute atomic E-state index is 0.192. The topological polar surface area (TPSA) is 33.1 Å².